The maximum atomic E-state index is 13.8. The standard InChI is InChI=1S/C36H36FN5O4/c1-46-30-12-5-25(6-13-30)35(44)38-31-20-26(36(45)40-17-15-39(16-18-40)29-10-8-28(37)9-11-29)7-14-33(31)41-21-24-19-27(23-41)32-3-2-4-34(43)42(32)22-24/h2-14,20,24,27H,15-19,21-23H2,1H3,(H,38,44). The molecule has 1 aromatic heterocycles. The van der Waals surface area contributed by atoms with Gasteiger partial charge in [0.1, 0.15) is 11.6 Å². The second-order valence-corrected chi connectivity index (χ2v) is 12.3. The maximum Gasteiger partial charge on any atom is 0.255 e. The Morgan fingerprint density at radius 2 is 1.57 bits per heavy atom. The van der Waals surface area contributed by atoms with Crippen LogP contribution in [-0.4, -0.2) is 67.7 Å². The maximum absolute atomic E-state index is 13.8. The van der Waals surface area contributed by atoms with E-state index in [4.69, 9.17) is 4.74 Å². The van der Waals surface area contributed by atoms with E-state index in [2.05, 4.69) is 15.1 Å². The van der Waals surface area contributed by atoms with Crippen LogP contribution >= 0.6 is 0 Å². The van der Waals surface area contributed by atoms with E-state index in [0.717, 1.165) is 30.0 Å². The summed E-state index contributed by atoms with van der Waals surface area (Å²) < 4.78 is 20.6. The molecule has 0 spiro atoms. The van der Waals surface area contributed by atoms with Crippen molar-refractivity contribution in [3.05, 3.63) is 118 Å². The fourth-order valence-electron chi connectivity index (χ4n) is 7.08. The first-order chi connectivity index (χ1) is 22.4. The number of piperazine rings is 1. The van der Waals surface area contributed by atoms with Crippen molar-refractivity contribution in [2.45, 2.75) is 18.9 Å². The van der Waals surface area contributed by atoms with E-state index < -0.39 is 0 Å². The van der Waals surface area contributed by atoms with Gasteiger partial charge in [-0.2, -0.15) is 0 Å². The molecule has 0 radical (unpaired) electrons. The minimum absolute atomic E-state index is 0.0365. The first-order valence-electron chi connectivity index (χ1n) is 15.7. The smallest absolute Gasteiger partial charge is 0.255 e. The van der Waals surface area contributed by atoms with Crippen molar-refractivity contribution in [1.82, 2.24) is 9.47 Å². The van der Waals surface area contributed by atoms with E-state index in [1.54, 1.807) is 55.6 Å². The number of piperidine rings is 1. The van der Waals surface area contributed by atoms with Gasteiger partial charge in [0.05, 0.1) is 18.5 Å². The number of anilines is 3. The number of carbonyl (C=O) groups is 2. The molecule has 2 atom stereocenters. The third-order valence-electron chi connectivity index (χ3n) is 9.42. The average molecular weight is 622 g/mol. The molecule has 1 N–H and O–H groups in total. The molecule has 3 aliphatic heterocycles. The van der Waals surface area contributed by atoms with Crippen molar-refractivity contribution in [1.29, 1.82) is 0 Å². The molecule has 0 saturated carbocycles. The van der Waals surface area contributed by atoms with Crippen LogP contribution in [-0.2, 0) is 6.54 Å². The molecule has 2 fully saturated rings. The lowest BCUT2D eigenvalue weighted by molar-refractivity contribution is 0.0746. The molecule has 0 aliphatic carbocycles. The van der Waals surface area contributed by atoms with E-state index >= 15 is 0 Å². The second kappa shape index (κ2) is 12.3. The van der Waals surface area contributed by atoms with Gasteiger partial charge in [-0.1, -0.05) is 6.07 Å². The van der Waals surface area contributed by atoms with Crippen molar-refractivity contribution in [2.24, 2.45) is 5.92 Å². The lowest BCUT2D eigenvalue weighted by Gasteiger charge is -2.44. The van der Waals surface area contributed by atoms with Crippen molar-refractivity contribution in [3.63, 3.8) is 0 Å². The summed E-state index contributed by atoms with van der Waals surface area (Å²) in [6, 6.07) is 24.4. The van der Waals surface area contributed by atoms with E-state index in [-0.39, 0.29) is 35.0 Å². The van der Waals surface area contributed by atoms with Crippen LogP contribution in [0.3, 0.4) is 0 Å². The number of hydrogen-bond donors (Lipinski definition) is 1. The zero-order valence-corrected chi connectivity index (χ0v) is 25.7. The SMILES string of the molecule is COc1ccc(C(=O)Nc2cc(C(=O)N3CCN(c4ccc(F)cc4)CC3)ccc2N2CC3CC(C2)c2cccc(=O)n2C3)cc1. The number of nitrogens with zero attached hydrogens (tertiary/aromatic N) is 4. The first-order valence-corrected chi connectivity index (χ1v) is 15.7. The number of methoxy groups -OCH3 is 1. The van der Waals surface area contributed by atoms with Crippen LogP contribution in [0.15, 0.2) is 89.7 Å². The number of carbonyl (C=O) groups excluding carboxylic acids is 2. The molecule has 2 saturated heterocycles. The molecular weight excluding hydrogens is 585 g/mol. The fraction of sp³-hybridized carbons (Fsp3) is 0.306. The summed E-state index contributed by atoms with van der Waals surface area (Å²) in [7, 11) is 1.58. The molecule has 3 aliphatic rings. The Labute approximate surface area is 266 Å². The Bertz CT molecular complexity index is 1820. The molecule has 3 aromatic carbocycles. The monoisotopic (exact) mass is 621 g/mol. The number of rotatable bonds is 6. The van der Waals surface area contributed by atoms with Crippen LogP contribution in [0.5, 0.6) is 5.75 Å². The number of fused-ring (bicyclic) bond motifs is 4. The van der Waals surface area contributed by atoms with Gasteiger partial charge in [0.15, 0.2) is 0 Å². The number of amides is 2. The van der Waals surface area contributed by atoms with Crippen LogP contribution in [0.4, 0.5) is 21.5 Å². The van der Waals surface area contributed by atoms with Gasteiger partial charge in [-0.15, -0.1) is 0 Å². The minimum atomic E-state index is -0.282. The topological polar surface area (TPSA) is 87.1 Å². The summed E-state index contributed by atoms with van der Waals surface area (Å²) in [5, 5.41) is 3.10. The second-order valence-electron chi connectivity index (χ2n) is 12.3. The third-order valence-corrected chi connectivity index (χ3v) is 9.42. The summed E-state index contributed by atoms with van der Waals surface area (Å²) in [6.07, 6.45) is 1.01. The molecule has 2 unspecified atom stereocenters. The van der Waals surface area contributed by atoms with E-state index in [1.807, 2.05) is 33.7 Å². The molecule has 10 heteroatoms. The Morgan fingerprint density at radius 1 is 0.826 bits per heavy atom. The number of benzene rings is 3. The van der Waals surface area contributed by atoms with Gasteiger partial charge in [-0.05, 0) is 85.1 Å². The molecule has 9 nitrogen and oxygen atoms in total. The summed E-state index contributed by atoms with van der Waals surface area (Å²) >= 11 is 0. The zero-order valence-electron chi connectivity index (χ0n) is 25.7. The van der Waals surface area contributed by atoms with E-state index in [1.165, 1.54) is 12.1 Å². The Kier molecular flexibility index (Phi) is 7.94. The van der Waals surface area contributed by atoms with Crippen LogP contribution in [0, 0.1) is 11.7 Å². The quantitative estimate of drug-likeness (QED) is 0.332. The highest BCUT2D eigenvalue weighted by atomic mass is 19.1. The molecular formula is C36H36FN5O4. The molecule has 7 rings (SSSR count). The number of hydrogen-bond acceptors (Lipinski definition) is 6. The van der Waals surface area contributed by atoms with Gasteiger partial charge in [0.2, 0.25) is 0 Å². The molecule has 4 heterocycles. The van der Waals surface area contributed by atoms with E-state index in [9.17, 15) is 18.8 Å². The molecule has 236 valence electrons. The van der Waals surface area contributed by atoms with Crippen molar-refractivity contribution in [3.8, 4) is 5.75 Å². The molecule has 2 bridgehead atoms. The number of halogens is 1. The average Bonchev–Trinajstić information content (AvgIpc) is 3.09. The summed E-state index contributed by atoms with van der Waals surface area (Å²) in [4.78, 5) is 46.1. The van der Waals surface area contributed by atoms with Gasteiger partial charge in [-0.3, -0.25) is 14.4 Å². The number of aromatic nitrogens is 1. The van der Waals surface area contributed by atoms with Gasteiger partial charge in [-0.25, -0.2) is 4.39 Å². The van der Waals surface area contributed by atoms with Crippen LogP contribution in [0.2, 0.25) is 0 Å². The summed E-state index contributed by atoms with van der Waals surface area (Å²) in [5.74, 6) is 0.470. The summed E-state index contributed by atoms with van der Waals surface area (Å²) in [6.45, 7) is 4.43. The van der Waals surface area contributed by atoms with Gasteiger partial charge < -0.3 is 29.3 Å². The Morgan fingerprint density at radius 3 is 2.30 bits per heavy atom. The number of pyridine rings is 1. The van der Waals surface area contributed by atoms with Crippen LogP contribution < -0.4 is 25.4 Å². The predicted octanol–water partition coefficient (Wildman–Crippen LogP) is 4.83. The predicted molar refractivity (Wildman–Crippen MR) is 176 cm³/mol. The third kappa shape index (κ3) is 5.82. The first kappa shape index (κ1) is 29.6. The minimum Gasteiger partial charge on any atom is -0.497 e. The summed E-state index contributed by atoms with van der Waals surface area (Å²) in [5.41, 5.74) is 4.41. The van der Waals surface area contributed by atoms with E-state index in [0.29, 0.717) is 61.8 Å². The highest BCUT2D eigenvalue weighted by molar-refractivity contribution is 6.07. The van der Waals surface area contributed by atoms with Crippen LogP contribution in [0.1, 0.15) is 38.7 Å². The van der Waals surface area contributed by atoms with Gasteiger partial charge in [0.25, 0.3) is 17.4 Å². The number of ether oxygens (including phenoxy) is 1. The van der Waals surface area contributed by atoms with Crippen molar-refractivity contribution >= 4 is 28.9 Å². The Balaban J connectivity index is 1.15. The van der Waals surface area contributed by atoms with Crippen molar-refractivity contribution < 1.29 is 18.7 Å². The highest BCUT2D eigenvalue weighted by Crippen LogP contribution is 2.39. The largest absolute Gasteiger partial charge is 0.497 e. The lowest BCUT2D eigenvalue weighted by Crippen LogP contribution is -2.49. The van der Waals surface area contributed by atoms with Gasteiger partial charge >= 0.3 is 0 Å². The molecule has 2 amide bonds. The fourth-order valence-corrected chi connectivity index (χ4v) is 7.08. The number of nitrogens with one attached hydrogen (secondary N) is 1. The highest BCUT2D eigenvalue weighted by Gasteiger charge is 2.35. The van der Waals surface area contributed by atoms with Crippen molar-refractivity contribution in [2.75, 3.05) is 61.5 Å². The molecule has 46 heavy (non-hydrogen) atoms. The van der Waals surface area contributed by atoms with Crippen LogP contribution in [0.25, 0.3) is 0 Å². The Hall–Kier alpha value is -5.12. The normalized spacial score (nSPS) is 19.0. The zero-order chi connectivity index (χ0) is 31.8. The lowest BCUT2D eigenvalue weighted by atomic mass is 9.83. The molecule has 4 aromatic rings. The van der Waals surface area contributed by atoms with Gasteiger partial charge in [0, 0.05) is 80.3 Å².